The quantitative estimate of drug-likeness (QED) is 0.621. The number of hydrogen-bond donors (Lipinski definition) is 1. The third-order valence-corrected chi connectivity index (χ3v) is 2.63. The van der Waals surface area contributed by atoms with Gasteiger partial charge in [-0.15, -0.1) is 0 Å². The van der Waals surface area contributed by atoms with Gasteiger partial charge in [0.05, 0.1) is 5.57 Å². The van der Waals surface area contributed by atoms with Crippen molar-refractivity contribution in [2.24, 2.45) is 5.73 Å². The minimum absolute atomic E-state index is 0.0152. The second kappa shape index (κ2) is 5.59. The Morgan fingerprint density at radius 1 is 1.00 bits per heavy atom. The van der Waals surface area contributed by atoms with E-state index in [4.69, 9.17) is 21.5 Å². The Morgan fingerprint density at radius 3 is 2.19 bits per heavy atom. The lowest BCUT2D eigenvalue weighted by molar-refractivity contribution is 0.656. The van der Waals surface area contributed by atoms with Crippen LogP contribution in [-0.2, 0) is 0 Å². The molecule has 1 aliphatic rings. The molecule has 1 aliphatic carbocycles. The Bertz CT molecular complexity index is 447. The van der Waals surface area contributed by atoms with Crippen LogP contribution in [0.4, 0.5) is 0 Å². The van der Waals surface area contributed by atoms with Crippen molar-refractivity contribution in [3.05, 3.63) is 22.4 Å². The van der Waals surface area contributed by atoms with Crippen LogP contribution in [0.3, 0.4) is 0 Å². The lowest BCUT2D eigenvalue weighted by Crippen LogP contribution is -2.08. The highest BCUT2D eigenvalue weighted by Crippen LogP contribution is 2.27. The van der Waals surface area contributed by atoms with Crippen LogP contribution in [-0.4, -0.2) is 0 Å². The van der Waals surface area contributed by atoms with E-state index in [9.17, 15) is 0 Å². The van der Waals surface area contributed by atoms with Crippen LogP contribution in [0.25, 0.3) is 0 Å². The molecule has 0 radical (unpaired) electrons. The van der Waals surface area contributed by atoms with Crippen LogP contribution < -0.4 is 5.73 Å². The zero-order valence-corrected chi connectivity index (χ0v) is 8.95. The van der Waals surface area contributed by atoms with E-state index in [1.807, 2.05) is 18.2 Å². The Hall–Kier alpha value is -2.25. The zero-order chi connectivity index (χ0) is 12.0. The molecule has 0 heterocycles. The minimum atomic E-state index is 0.0152. The first kappa shape index (κ1) is 11.8. The van der Waals surface area contributed by atoms with Crippen LogP contribution >= 0.6 is 0 Å². The zero-order valence-electron chi connectivity index (χ0n) is 8.95. The van der Waals surface area contributed by atoms with Crippen LogP contribution in [0, 0.1) is 34.0 Å². The molecule has 0 bridgehead atoms. The Balaban J connectivity index is 3.34. The molecule has 0 unspecified atom stereocenters. The molecule has 0 amide bonds. The second-order valence-electron chi connectivity index (χ2n) is 3.65. The van der Waals surface area contributed by atoms with Gasteiger partial charge >= 0.3 is 0 Å². The number of allylic oxidation sites excluding steroid dienone is 4. The monoisotopic (exact) mass is 212 g/mol. The molecule has 80 valence electrons. The summed E-state index contributed by atoms with van der Waals surface area (Å²) in [5, 5.41) is 26.7. The average Bonchev–Trinajstić information content (AvgIpc) is 2.27. The molecule has 0 spiro atoms. The van der Waals surface area contributed by atoms with Crippen LogP contribution in [0.1, 0.15) is 32.1 Å². The highest BCUT2D eigenvalue weighted by molar-refractivity contribution is 5.55. The van der Waals surface area contributed by atoms with Crippen molar-refractivity contribution >= 4 is 0 Å². The topological polar surface area (TPSA) is 97.4 Å². The summed E-state index contributed by atoms with van der Waals surface area (Å²) in [4.78, 5) is 0. The molecule has 0 fully saturated rings. The highest BCUT2D eigenvalue weighted by atomic mass is 14.6. The predicted molar refractivity (Wildman–Crippen MR) is 58.2 cm³/mol. The van der Waals surface area contributed by atoms with Gasteiger partial charge in [0.15, 0.2) is 0 Å². The van der Waals surface area contributed by atoms with E-state index in [1.54, 1.807) is 0 Å². The molecule has 0 saturated heterocycles. The first-order valence-corrected chi connectivity index (χ1v) is 5.17. The Kier molecular flexibility index (Phi) is 4.13. The highest BCUT2D eigenvalue weighted by Gasteiger charge is 2.16. The minimum Gasteiger partial charge on any atom is -0.401 e. The van der Waals surface area contributed by atoms with Crippen molar-refractivity contribution in [1.29, 1.82) is 15.8 Å². The number of nitrogens with two attached hydrogens (primary N) is 1. The summed E-state index contributed by atoms with van der Waals surface area (Å²) >= 11 is 0. The molecule has 2 N–H and O–H groups in total. The fourth-order valence-corrected chi connectivity index (χ4v) is 1.79. The van der Waals surface area contributed by atoms with Crippen molar-refractivity contribution in [3.63, 3.8) is 0 Å². The Morgan fingerprint density at radius 2 is 1.62 bits per heavy atom. The SMILES string of the molecule is N#CC(C#N)=C1CCCCC/C(N)=C\1C#N. The normalized spacial score (nSPS) is 20.9. The second-order valence-corrected chi connectivity index (χ2v) is 3.65. The molecular weight excluding hydrogens is 200 g/mol. The van der Waals surface area contributed by atoms with E-state index in [0.29, 0.717) is 29.7 Å². The van der Waals surface area contributed by atoms with Gasteiger partial charge in [0.2, 0.25) is 0 Å². The predicted octanol–water partition coefficient (Wildman–Crippen LogP) is 2.03. The van der Waals surface area contributed by atoms with Crippen LogP contribution in [0.15, 0.2) is 22.4 Å². The summed E-state index contributed by atoms with van der Waals surface area (Å²) in [5.41, 5.74) is 7.17. The molecule has 4 heteroatoms. The van der Waals surface area contributed by atoms with E-state index in [-0.39, 0.29) is 5.57 Å². The lowest BCUT2D eigenvalue weighted by Gasteiger charge is -2.13. The van der Waals surface area contributed by atoms with Crippen molar-refractivity contribution in [2.45, 2.75) is 32.1 Å². The summed E-state index contributed by atoms with van der Waals surface area (Å²) < 4.78 is 0. The molecule has 0 aromatic carbocycles. The maximum atomic E-state index is 9.05. The van der Waals surface area contributed by atoms with Gasteiger partial charge in [-0.2, -0.15) is 15.8 Å². The van der Waals surface area contributed by atoms with E-state index >= 15 is 0 Å². The fraction of sp³-hybridized carbons (Fsp3) is 0.417. The summed E-state index contributed by atoms with van der Waals surface area (Å²) in [6.07, 6.45) is 4.10. The maximum absolute atomic E-state index is 9.05. The summed E-state index contributed by atoms with van der Waals surface area (Å²) in [5.74, 6) is 0. The summed E-state index contributed by atoms with van der Waals surface area (Å²) in [7, 11) is 0. The van der Waals surface area contributed by atoms with E-state index in [0.717, 1.165) is 19.3 Å². The van der Waals surface area contributed by atoms with E-state index in [2.05, 4.69) is 0 Å². The first-order chi connectivity index (χ1) is 7.74. The third kappa shape index (κ3) is 2.41. The number of hydrogen-bond acceptors (Lipinski definition) is 4. The average molecular weight is 212 g/mol. The summed E-state index contributed by atoms with van der Waals surface area (Å²) in [6.45, 7) is 0. The van der Waals surface area contributed by atoms with Gasteiger partial charge in [0.1, 0.15) is 23.8 Å². The third-order valence-electron chi connectivity index (χ3n) is 2.63. The van der Waals surface area contributed by atoms with Crippen LogP contribution in [0.2, 0.25) is 0 Å². The fourth-order valence-electron chi connectivity index (χ4n) is 1.79. The van der Waals surface area contributed by atoms with Gasteiger partial charge in [0, 0.05) is 11.3 Å². The molecule has 0 aromatic heterocycles. The molecule has 0 saturated carbocycles. The number of nitrogens with zero attached hydrogens (tertiary/aromatic N) is 3. The molecular formula is C12H12N4. The van der Waals surface area contributed by atoms with Gasteiger partial charge in [-0.25, -0.2) is 0 Å². The molecule has 0 aromatic rings. The number of nitriles is 3. The van der Waals surface area contributed by atoms with Crippen molar-refractivity contribution < 1.29 is 0 Å². The van der Waals surface area contributed by atoms with Gasteiger partial charge in [0.25, 0.3) is 0 Å². The first-order valence-electron chi connectivity index (χ1n) is 5.17. The van der Waals surface area contributed by atoms with Gasteiger partial charge in [-0.05, 0) is 25.7 Å². The standard InChI is InChI=1S/C12H12N4/c13-6-9(7-14)10-4-2-1-3-5-12(16)11(10)8-15/h1-5,16H2/b12-11+. The smallest absolute Gasteiger partial charge is 0.134 e. The van der Waals surface area contributed by atoms with Gasteiger partial charge < -0.3 is 5.73 Å². The van der Waals surface area contributed by atoms with Gasteiger partial charge in [-0.3, -0.25) is 0 Å². The Labute approximate surface area is 94.9 Å². The maximum Gasteiger partial charge on any atom is 0.134 e. The number of rotatable bonds is 0. The van der Waals surface area contributed by atoms with E-state index in [1.165, 1.54) is 0 Å². The largest absolute Gasteiger partial charge is 0.401 e. The molecule has 0 atom stereocenters. The van der Waals surface area contributed by atoms with Crippen molar-refractivity contribution in [2.75, 3.05) is 0 Å². The van der Waals surface area contributed by atoms with Crippen molar-refractivity contribution in [1.82, 2.24) is 0 Å². The van der Waals surface area contributed by atoms with E-state index < -0.39 is 0 Å². The molecule has 16 heavy (non-hydrogen) atoms. The summed E-state index contributed by atoms with van der Waals surface area (Å²) in [6, 6.07) is 5.68. The van der Waals surface area contributed by atoms with Crippen molar-refractivity contribution in [3.8, 4) is 18.2 Å². The molecule has 1 rings (SSSR count). The lowest BCUT2D eigenvalue weighted by atomic mass is 9.90. The van der Waals surface area contributed by atoms with Crippen LogP contribution in [0.5, 0.6) is 0 Å². The molecule has 4 nitrogen and oxygen atoms in total. The molecule has 0 aliphatic heterocycles. The van der Waals surface area contributed by atoms with Gasteiger partial charge in [-0.1, -0.05) is 6.42 Å².